The third-order valence-corrected chi connectivity index (χ3v) is 4.69. The molecule has 7 heteroatoms. The Labute approximate surface area is 140 Å². The fourth-order valence-corrected chi connectivity index (χ4v) is 3.49. The Morgan fingerprint density at radius 2 is 2.09 bits per heavy atom. The van der Waals surface area contributed by atoms with Crippen LogP contribution in [0.1, 0.15) is 17.3 Å². The molecule has 6 nitrogen and oxygen atoms in total. The van der Waals surface area contributed by atoms with Crippen molar-refractivity contribution >= 4 is 23.6 Å². The largest absolute Gasteiger partial charge is 0.493 e. The Kier molecular flexibility index (Phi) is 6.15. The number of amides is 1. The van der Waals surface area contributed by atoms with Crippen molar-refractivity contribution in [3.63, 3.8) is 0 Å². The molecule has 1 fully saturated rings. The van der Waals surface area contributed by atoms with Crippen LogP contribution < -0.4 is 9.47 Å². The SMILES string of the molecule is CCOc1ccc(C(=O)N2CCS[C@H](C(=O)OC)C2)cc1OC. The molecule has 1 amide bonds. The van der Waals surface area contributed by atoms with E-state index in [1.54, 1.807) is 23.1 Å². The van der Waals surface area contributed by atoms with Crippen LogP contribution in [-0.2, 0) is 9.53 Å². The minimum absolute atomic E-state index is 0.124. The summed E-state index contributed by atoms with van der Waals surface area (Å²) in [5.74, 6) is 1.42. The zero-order valence-electron chi connectivity index (χ0n) is 13.5. The van der Waals surface area contributed by atoms with Crippen LogP contribution in [0.4, 0.5) is 0 Å². The first-order chi connectivity index (χ1) is 11.1. The average Bonchev–Trinajstić information content (AvgIpc) is 2.61. The molecule has 1 aromatic carbocycles. The van der Waals surface area contributed by atoms with Crippen molar-refractivity contribution in [1.29, 1.82) is 0 Å². The standard InChI is InChI=1S/C16H21NO5S/c1-4-22-12-6-5-11(9-13(12)20-2)15(18)17-7-8-23-14(10-17)16(19)21-3/h5-6,9,14H,4,7-8,10H2,1-3H3/t14-/m0/s1. The number of carbonyl (C=O) groups is 2. The molecule has 0 unspecified atom stereocenters. The molecular formula is C16H21NO5S. The molecule has 0 bridgehead atoms. The van der Waals surface area contributed by atoms with E-state index in [2.05, 4.69) is 0 Å². The Morgan fingerprint density at radius 1 is 1.30 bits per heavy atom. The van der Waals surface area contributed by atoms with E-state index < -0.39 is 0 Å². The van der Waals surface area contributed by atoms with Gasteiger partial charge in [0.05, 0.1) is 20.8 Å². The number of hydrogen-bond donors (Lipinski definition) is 0. The van der Waals surface area contributed by atoms with Crippen molar-refractivity contribution in [2.45, 2.75) is 12.2 Å². The number of benzene rings is 1. The summed E-state index contributed by atoms with van der Waals surface area (Å²) in [6.45, 7) is 3.36. The van der Waals surface area contributed by atoms with Crippen LogP contribution in [0.15, 0.2) is 18.2 Å². The van der Waals surface area contributed by atoms with Crippen molar-refractivity contribution in [2.75, 3.05) is 39.7 Å². The minimum Gasteiger partial charge on any atom is -0.493 e. The molecule has 1 atom stereocenters. The van der Waals surface area contributed by atoms with E-state index >= 15 is 0 Å². The van der Waals surface area contributed by atoms with Gasteiger partial charge in [-0.25, -0.2) is 0 Å². The Morgan fingerprint density at radius 3 is 2.74 bits per heavy atom. The molecule has 0 spiro atoms. The number of nitrogens with zero attached hydrogens (tertiary/aromatic N) is 1. The van der Waals surface area contributed by atoms with E-state index in [1.165, 1.54) is 26.0 Å². The lowest BCUT2D eigenvalue weighted by Crippen LogP contribution is -2.44. The molecule has 1 aliphatic rings. The van der Waals surface area contributed by atoms with Crippen LogP contribution in [0.25, 0.3) is 0 Å². The van der Waals surface area contributed by atoms with Gasteiger partial charge in [-0.05, 0) is 25.1 Å². The maximum absolute atomic E-state index is 12.7. The first-order valence-corrected chi connectivity index (χ1v) is 8.45. The predicted octanol–water partition coefficient (Wildman–Crippen LogP) is 1.82. The summed E-state index contributed by atoms with van der Waals surface area (Å²) in [6, 6.07) is 5.11. The number of ether oxygens (including phenoxy) is 3. The monoisotopic (exact) mass is 339 g/mol. The molecule has 0 radical (unpaired) electrons. The molecule has 0 N–H and O–H groups in total. The number of methoxy groups -OCH3 is 2. The topological polar surface area (TPSA) is 65.1 Å². The van der Waals surface area contributed by atoms with Gasteiger partial charge in [0.2, 0.25) is 0 Å². The normalized spacial score (nSPS) is 17.5. The van der Waals surface area contributed by atoms with E-state index in [-0.39, 0.29) is 17.1 Å². The van der Waals surface area contributed by atoms with Crippen LogP contribution in [-0.4, -0.2) is 61.7 Å². The Hall–Kier alpha value is -1.89. The first-order valence-electron chi connectivity index (χ1n) is 7.40. The second kappa shape index (κ2) is 8.10. The molecule has 0 saturated carbocycles. The van der Waals surface area contributed by atoms with Gasteiger partial charge in [0, 0.05) is 24.4 Å². The predicted molar refractivity (Wildman–Crippen MR) is 88.3 cm³/mol. The zero-order chi connectivity index (χ0) is 16.8. The molecule has 1 aliphatic heterocycles. The van der Waals surface area contributed by atoms with E-state index in [0.717, 1.165) is 0 Å². The maximum atomic E-state index is 12.7. The van der Waals surface area contributed by atoms with Gasteiger partial charge < -0.3 is 19.1 Å². The molecule has 1 heterocycles. The molecule has 0 aliphatic carbocycles. The number of carbonyl (C=O) groups excluding carboxylic acids is 2. The molecule has 1 aromatic rings. The van der Waals surface area contributed by atoms with Gasteiger partial charge in [0.25, 0.3) is 5.91 Å². The summed E-state index contributed by atoms with van der Waals surface area (Å²) in [6.07, 6.45) is 0. The van der Waals surface area contributed by atoms with Crippen LogP contribution in [0.5, 0.6) is 11.5 Å². The van der Waals surface area contributed by atoms with E-state index in [4.69, 9.17) is 14.2 Å². The summed E-state index contributed by atoms with van der Waals surface area (Å²) >= 11 is 1.52. The fraction of sp³-hybridized carbons (Fsp3) is 0.500. The van der Waals surface area contributed by atoms with Crippen LogP contribution in [0.3, 0.4) is 0 Å². The van der Waals surface area contributed by atoms with Gasteiger partial charge in [0.1, 0.15) is 5.25 Å². The summed E-state index contributed by atoms with van der Waals surface area (Å²) in [7, 11) is 2.90. The lowest BCUT2D eigenvalue weighted by molar-refractivity contribution is -0.140. The van der Waals surface area contributed by atoms with E-state index in [0.29, 0.717) is 42.5 Å². The van der Waals surface area contributed by atoms with Crippen molar-refractivity contribution in [3.05, 3.63) is 23.8 Å². The third-order valence-electron chi connectivity index (χ3n) is 3.53. The molecule has 2 rings (SSSR count). The zero-order valence-corrected chi connectivity index (χ0v) is 14.4. The van der Waals surface area contributed by atoms with E-state index in [9.17, 15) is 9.59 Å². The number of rotatable bonds is 5. The minimum atomic E-state index is -0.331. The number of esters is 1. The highest BCUT2D eigenvalue weighted by atomic mass is 32.2. The lowest BCUT2D eigenvalue weighted by Gasteiger charge is -2.31. The highest BCUT2D eigenvalue weighted by Crippen LogP contribution is 2.29. The van der Waals surface area contributed by atoms with Crippen LogP contribution in [0, 0.1) is 0 Å². The van der Waals surface area contributed by atoms with Crippen LogP contribution in [0.2, 0.25) is 0 Å². The van der Waals surface area contributed by atoms with Crippen molar-refractivity contribution in [3.8, 4) is 11.5 Å². The quantitative estimate of drug-likeness (QED) is 0.763. The highest BCUT2D eigenvalue weighted by molar-refractivity contribution is 8.00. The van der Waals surface area contributed by atoms with Gasteiger partial charge in [-0.15, -0.1) is 11.8 Å². The molecule has 1 saturated heterocycles. The van der Waals surface area contributed by atoms with Gasteiger partial charge in [0.15, 0.2) is 11.5 Å². The summed E-state index contributed by atoms with van der Waals surface area (Å²) in [5.41, 5.74) is 0.515. The average molecular weight is 339 g/mol. The smallest absolute Gasteiger partial charge is 0.320 e. The Bertz CT molecular complexity index is 578. The lowest BCUT2D eigenvalue weighted by atomic mass is 10.1. The summed E-state index contributed by atoms with van der Waals surface area (Å²) in [4.78, 5) is 26.0. The third kappa shape index (κ3) is 4.10. The number of hydrogen-bond acceptors (Lipinski definition) is 6. The fourth-order valence-electron chi connectivity index (χ4n) is 2.37. The van der Waals surface area contributed by atoms with Crippen molar-refractivity contribution < 1.29 is 23.8 Å². The second-order valence-electron chi connectivity index (χ2n) is 4.93. The highest BCUT2D eigenvalue weighted by Gasteiger charge is 2.30. The molecule has 126 valence electrons. The van der Waals surface area contributed by atoms with Crippen LogP contribution >= 0.6 is 11.8 Å². The maximum Gasteiger partial charge on any atom is 0.320 e. The first kappa shape index (κ1) is 17.5. The summed E-state index contributed by atoms with van der Waals surface area (Å²) < 4.78 is 15.5. The van der Waals surface area contributed by atoms with Gasteiger partial charge in [-0.3, -0.25) is 9.59 Å². The van der Waals surface area contributed by atoms with Gasteiger partial charge in [-0.1, -0.05) is 0 Å². The van der Waals surface area contributed by atoms with Gasteiger partial charge >= 0.3 is 5.97 Å². The molecular weight excluding hydrogens is 318 g/mol. The van der Waals surface area contributed by atoms with Gasteiger partial charge in [-0.2, -0.15) is 0 Å². The van der Waals surface area contributed by atoms with Crippen molar-refractivity contribution in [1.82, 2.24) is 4.90 Å². The summed E-state index contributed by atoms with van der Waals surface area (Å²) in [5, 5.41) is -0.331. The Balaban J connectivity index is 2.14. The molecule has 23 heavy (non-hydrogen) atoms. The van der Waals surface area contributed by atoms with E-state index in [1.807, 2.05) is 6.92 Å². The van der Waals surface area contributed by atoms with Crippen molar-refractivity contribution in [2.24, 2.45) is 0 Å². The second-order valence-corrected chi connectivity index (χ2v) is 6.24. The molecule has 0 aromatic heterocycles. The number of thioether (sulfide) groups is 1.